The van der Waals surface area contributed by atoms with Gasteiger partial charge in [-0.2, -0.15) is 0 Å². The summed E-state index contributed by atoms with van der Waals surface area (Å²) in [5.74, 6) is 0. The first-order chi connectivity index (χ1) is 23.9. The standard InChI is InChI=1S/2C18H15P.5CO.Co/c2*1-4-10-16(11-5-1)19(17-12-6-2-7-13-17)18-14-8-3-9-15-18;5*1-2;/h2*1-15H;;;;;;. The molecule has 0 heterocycles. The maximum atomic E-state index is 7.50. The average molecular weight is 724 g/mol. The Labute approximate surface area is 303 Å². The molecule has 11 radical (unpaired) electrons. The van der Waals surface area contributed by atoms with Crippen molar-refractivity contribution in [3.8, 4) is 0 Å². The largest absolute Gasteiger partial charge is 0.281 e. The fourth-order valence-electron chi connectivity index (χ4n) is 4.36. The molecule has 0 saturated heterocycles. The molecule has 0 fully saturated rings. The predicted molar refractivity (Wildman–Crippen MR) is 199 cm³/mol. The molecule has 0 aliphatic carbocycles. The Morgan fingerprint density at radius 1 is 0.224 bits per heavy atom. The maximum Gasteiger partial charge on any atom is 0.281 e. The molecule has 8 heteroatoms. The molecule has 0 N–H and O–H groups in total. The van der Waals surface area contributed by atoms with Gasteiger partial charge < -0.3 is 0 Å². The molecule has 0 aliphatic heterocycles. The van der Waals surface area contributed by atoms with E-state index in [9.17, 15) is 0 Å². The molecule has 49 heavy (non-hydrogen) atoms. The van der Waals surface area contributed by atoms with E-state index in [1.54, 1.807) is 0 Å². The van der Waals surface area contributed by atoms with E-state index in [-0.39, 0.29) is 16.8 Å². The van der Waals surface area contributed by atoms with E-state index < -0.39 is 15.8 Å². The summed E-state index contributed by atoms with van der Waals surface area (Å²) in [5, 5.41) is 8.39. The Bertz CT molecular complexity index is 1270. The van der Waals surface area contributed by atoms with E-state index in [0.717, 1.165) is 0 Å². The summed E-state index contributed by atoms with van der Waals surface area (Å²) in [6.07, 6.45) is 0. The number of rotatable bonds is 6. The van der Waals surface area contributed by atoms with Crippen LogP contribution in [-0.2, 0) is 40.8 Å². The number of carbonyl (C=O) groups excluding carboxylic acids is 5. The van der Waals surface area contributed by atoms with Crippen LogP contribution in [0.1, 0.15) is 0 Å². The maximum absolute atomic E-state index is 7.50. The first-order valence-electron chi connectivity index (χ1n) is 13.8. The van der Waals surface area contributed by atoms with Gasteiger partial charge in [-0.3, -0.25) is 24.0 Å². The summed E-state index contributed by atoms with van der Waals surface area (Å²) >= 11 is 0. The van der Waals surface area contributed by atoms with Crippen LogP contribution in [0.2, 0.25) is 0 Å². The van der Waals surface area contributed by atoms with E-state index in [4.69, 9.17) is 24.0 Å². The van der Waals surface area contributed by atoms with Gasteiger partial charge in [-0.05, 0) is 47.7 Å². The summed E-state index contributed by atoms with van der Waals surface area (Å²) < 4.78 is 0. The van der Waals surface area contributed by atoms with Crippen molar-refractivity contribution in [1.82, 2.24) is 0 Å². The fraction of sp³-hybridized carbons (Fsp3) is 0. The van der Waals surface area contributed by atoms with E-state index in [1.165, 1.54) is 31.8 Å². The van der Waals surface area contributed by atoms with Crippen LogP contribution < -0.4 is 31.8 Å². The van der Waals surface area contributed by atoms with Gasteiger partial charge in [0, 0.05) is 16.8 Å². The van der Waals surface area contributed by atoms with E-state index in [1.807, 2.05) is 0 Å². The minimum atomic E-state index is -0.446. The van der Waals surface area contributed by atoms with E-state index in [2.05, 4.69) is 216 Å². The number of hydrogen-bond acceptors (Lipinski definition) is 5. The molecule has 0 bridgehead atoms. The topological polar surface area (TPSA) is 85.3 Å². The number of benzene rings is 6. The van der Waals surface area contributed by atoms with Gasteiger partial charge in [0.2, 0.25) is 0 Å². The molecule has 6 rings (SSSR count). The first kappa shape index (κ1) is 46.2. The SMILES string of the molecule is [C]=O.[C]=O.[C]=O.[C]=O.[C]=O.[Co].c1ccc(P(c2ccccc2)c2ccccc2)cc1.c1ccc(P(c2ccccc2)c2ccccc2)cc1. The van der Waals surface area contributed by atoms with Crippen molar-refractivity contribution in [1.29, 1.82) is 0 Å². The van der Waals surface area contributed by atoms with Crippen LogP contribution in [0.4, 0.5) is 0 Å². The normalized spacial score (nSPS) is 8.61. The smallest absolute Gasteiger partial charge is 0.281 e. The van der Waals surface area contributed by atoms with Crippen molar-refractivity contribution in [2.75, 3.05) is 0 Å². The van der Waals surface area contributed by atoms with Crippen molar-refractivity contribution in [2.24, 2.45) is 0 Å². The molecule has 6 aromatic rings. The molecule has 6 aromatic carbocycles. The third kappa shape index (κ3) is 16.1. The zero-order valence-corrected chi connectivity index (χ0v) is 28.9. The van der Waals surface area contributed by atoms with Crippen molar-refractivity contribution in [3.05, 3.63) is 182 Å². The van der Waals surface area contributed by atoms with Gasteiger partial charge in [0.15, 0.2) is 0 Å². The second kappa shape index (κ2) is 31.6. The minimum Gasteiger partial charge on any atom is -0.281 e. The summed E-state index contributed by atoms with van der Waals surface area (Å²) in [6, 6.07) is 64.7. The second-order valence-corrected chi connectivity index (χ2v) is 13.1. The molecule has 0 amide bonds. The molecule has 0 unspecified atom stereocenters. The van der Waals surface area contributed by atoms with Gasteiger partial charge in [0.05, 0.1) is 0 Å². The van der Waals surface area contributed by atoms with Crippen molar-refractivity contribution in [2.45, 2.75) is 0 Å². The monoisotopic (exact) mass is 723 g/mol. The van der Waals surface area contributed by atoms with Crippen LogP contribution in [0.25, 0.3) is 0 Å². The molecule has 0 aliphatic rings. The quantitative estimate of drug-likeness (QED) is 0.229. The zero-order valence-electron chi connectivity index (χ0n) is 26.1. The van der Waals surface area contributed by atoms with Crippen LogP contribution in [-0.4, -0.2) is 33.9 Å². The van der Waals surface area contributed by atoms with Gasteiger partial charge in [-0.15, -0.1) is 0 Å². The number of hydrogen-bond donors (Lipinski definition) is 0. The van der Waals surface area contributed by atoms with Gasteiger partial charge in [0.25, 0.3) is 33.9 Å². The van der Waals surface area contributed by atoms with Crippen LogP contribution in [0.15, 0.2) is 182 Å². The van der Waals surface area contributed by atoms with Crippen LogP contribution in [0, 0.1) is 0 Å². The van der Waals surface area contributed by atoms with Crippen LogP contribution in [0.5, 0.6) is 0 Å². The van der Waals surface area contributed by atoms with Crippen molar-refractivity contribution >= 4 is 81.6 Å². The molecule has 0 aromatic heterocycles. The molecular formula is C41H30CoO5P2. The van der Waals surface area contributed by atoms with Crippen molar-refractivity contribution in [3.63, 3.8) is 0 Å². The fourth-order valence-corrected chi connectivity index (χ4v) is 8.97. The molecule has 0 spiro atoms. The third-order valence-electron chi connectivity index (χ3n) is 6.09. The van der Waals surface area contributed by atoms with Crippen LogP contribution >= 0.6 is 15.8 Å². The Balaban J connectivity index is 0. The van der Waals surface area contributed by atoms with Crippen LogP contribution in [0.3, 0.4) is 0 Å². The molecule has 0 saturated carbocycles. The second-order valence-electron chi connectivity index (χ2n) is 8.68. The van der Waals surface area contributed by atoms with Gasteiger partial charge in [0.1, 0.15) is 0 Å². The third-order valence-corrected chi connectivity index (χ3v) is 11.0. The average Bonchev–Trinajstić information content (AvgIpc) is 3.22. The van der Waals surface area contributed by atoms with E-state index in [0.29, 0.717) is 0 Å². The molecule has 5 nitrogen and oxygen atoms in total. The Morgan fingerprint density at radius 3 is 0.429 bits per heavy atom. The summed E-state index contributed by atoms with van der Waals surface area (Å²) in [7, 11) is -0.892. The summed E-state index contributed by atoms with van der Waals surface area (Å²) in [6.45, 7) is 22.5. The molecule has 243 valence electrons. The Morgan fingerprint density at radius 2 is 0.327 bits per heavy atom. The Hall–Kier alpha value is -4.96. The van der Waals surface area contributed by atoms with E-state index >= 15 is 0 Å². The van der Waals surface area contributed by atoms with Crippen molar-refractivity contribution < 1.29 is 40.8 Å². The molecular weight excluding hydrogens is 693 g/mol. The predicted octanol–water partition coefficient (Wildman–Crippen LogP) is 4.90. The summed E-state index contributed by atoms with van der Waals surface area (Å²) in [4.78, 5) is 37.5. The minimum absolute atomic E-state index is 0. The summed E-state index contributed by atoms with van der Waals surface area (Å²) in [5.41, 5.74) is 0. The zero-order chi connectivity index (χ0) is 35.8. The van der Waals surface area contributed by atoms with Gasteiger partial charge >= 0.3 is 0 Å². The first-order valence-corrected chi connectivity index (χ1v) is 16.5. The van der Waals surface area contributed by atoms with Gasteiger partial charge in [-0.25, -0.2) is 0 Å². The van der Waals surface area contributed by atoms with Gasteiger partial charge in [-0.1, -0.05) is 182 Å². The molecule has 0 atom stereocenters. The Kier molecular flexibility index (Phi) is 29.8.